The molecule has 17 heavy (non-hydrogen) atoms. The molecular formula is C14H29O2Sn. The second-order valence-corrected chi connectivity index (χ2v) is 13.3. The minimum atomic E-state index is -1.07. The first-order valence-electron chi connectivity index (χ1n) is 7.14. The normalized spacial score (nSPS) is 10.8. The molecule has 0 rings (SSSR count). The number of carbonyl (C=O) groups is 1. The number of methoxy groups -OCH3 is 1. The molecule has 0 aliphatic rings. The Kier molecular flexibility index (Phi) is 12.9. The van der Waals surface area contributed by atoms with Gasteiger partial charge in [-0.25, -0.2) is 0 Å². The van der Waals surface area contributed by atoms with E-state index in [-0.39, 0.29) is 5.97 Å². The van der Waals surface area contributed by atoms with Crippen molar-refractivity contribution in [3.8, 4) is 0 Å². The van der Waals surface area contributed by atoms with Gasteiger partial charge in [0.2, 0.25) is 0 Å². The van der Waals surface area contributed by atoms with Crippen LogP contribution in [0.15, 0.2) is 0 Å². The van der Waals surface area contributed by atoms with Crippen LogP contribution in [0.1, 0.15) is 58.8 Å². The number of rotatable bonds is 11. The summed E-state index contributed by atoms with van der Waals surface area (Å²) in [6, 6.07) is 0. The SMILES string of the molecule is CCC[CH2][Sn]([CH2]CCC)[CH2]CCCC(=O)OC. The Morgan fingerprint density at radius 1 is 0.941 bits per heavy atom. The fourth-order valence-corrected chi connectivity index (χ4v) is 11.1. The summed E-state index contributed by atoms with van der Waals surface area (Å²) in [5, 5.41) is 0. The average molecular weight is 348 g/mol. The molecule has 0 atom stereocenters. The first-order valence-corrected chi connectivity index (χ1v) is 13.2. The Hall–Kier alpha value is 0.269. The summed E-state index contributed by atoms with van der Waals surface area (Å²) in [4.78, 5) is 11.0. The zero-order chi connectivity index (χ0) is 12.9. The topological polar surface area (TPSA) is 26.3 Å². The summed E-state index contributed by atoms with van der Waals surface area (Å²) in [6.07, 6.45) is 8.49. The molecule has 0 aromatic carbocycles. The molecular weight excluding hydrogens is 319 g/mol. The van der Waals surface area contributed by atoms with E-state index in [1.165, 1.54) is 43.7 Å². The Bertz CT molecular complexity index is 175. The van der Waals surface area contributed by atoms with Gasteiger partial charge in [-0.1, -0.05) is 0 Å². The second-order valence-electron chi connectivity index (χ2n) is 4.74. The van der Waals surface area contributed by atoms with E-state index in [1.54, 1.807) is 8.87 Å². The number of hydrogen-bond acceptors (Lipinski definition) is 2. The van der Waals surface area contributed by atoms with Gasteiger partial charge in [-0.05, 0) is 0 Å². The summed E-state index contributed by atoms with van der Waals surface area (Å²) in [5.74, 6) is -0.0442. The van der Waals surface area contributed by atoms with Crippen molar-refractivity contribution in [3.63, 3.8) is 0 Å². The van der Waals surface area contributed by atoms with Gasteiger partial charge in [0.25, 0.3) is 0 Å². The van der Waals surface area contributed by atoms with Gasteiger partial charge < -0.3 is 0 Å². The molecule has 0 unspecified atom stereocenters. The van der Waals surface area contributed by atoms with E-state index in [0.29, 0.717) is 6.42 Å². The van der Waals surface area contributed by atoms with Crippen LogP contribution in [0.3, 0.4) is 0 Å². The van der Waals surface area contributed by atoms with Gasteiger partial charge in [-0.15, -0.1) is 0 Å². The third-order valence-electron chi connectivity index (χ3n) is 3.16. The van der Waals surface area contributed by atoms with Crippen LogP contribution < -0.4 is 0 Å². The van der Waals surface area contributed by atoms with Crippen LogP contribution in [0.25, 0.3) is 0 Å². The average Bonchev–Trinajstić information content (AvgIpc) is 2.36. The number of esters is 1. The Morgan fingerprint density at radius 3 is 1.94 bits per heavy atom. The van der Waals surface area contributed by atoms with Crippen molar-refractivity contribution in [1.29, 1.82) is 0 Å². The van der Waals surface area contributed by atoms with E-state index in [0.717, 1.165) is 6.42 Å². The number of ether oxygens (including phenoxy) is 1. The summed E-state index contributed by atoms with van der Waals surface area (Å²) >= 11 is -1.07. The number of unbranched alkanes of at least 4 members (excludes halogenated alkanes) is 3. The van der Waals surface area contributed by atoms with Crippen LogP contribution in [0.4, 0.5) is 0 Å². The zero-order valence-corrected chi connectivity index (χ0v) is 14.7. The molecule has 0 fully saturated rings. The standard InChI is InChI=1S/C6H11O2.2C4H9.Sn/c1-3-4-5-6(7)8-2;2*1-3-4-2;/h1,3-5H2,2H3;2*1,3-4H2,2H3;. The molecule has 0 bridgehead atoms. The first-order chi connectivity index (χ1) is 8.24. The molecule has 101 valence electrons. The molecule has 0 aromatic rings. The summed E-state index contributed by atoms with van der Waals surface area (Å²) in [7, 11) is 1.48. The van der Waals surface area contributed by atoms with Gasteiger partial charge in [-0.2, -0.15) is 0 Å². The van der Waals surface area contributed by atoms with Gasteiger partial charge in [-0.3, -0.25) is 0 Å². The quantitative estimate of drug-likeness (QED) is 0.314. The Morgan fingerprint density at radius 2 is 1.47 bits per heavy atom. The predicted molar refractivity (Wildman–Crippen MR) is 75.9 cm³/mol. The Balaban J connectivity index is 3.62. The molecule has 2 nitrogen and oxygen atoms in total. The van der Waals surface area contributed by atoms with Crippen LogP contribution in [-0.4, -0.2) is 32.8 Å². The van der Waals surface area contributed by atoms with Crippen molar-refractivity contribution in [3.05, 3.63) is 0 Å². The van der Waals surface area contributed by atoms with Gasteiger partial charge >= 0.3 is 114 Å². The molecule has 0 N–H and O–H groups in total. The van der Waals surface area contributed by atoms with Crippen molar-refractivity contribution < 1.29 is 9.53 Å². The number of carbonyl (C=O) groups excluding carboxylic acids is 1. The van der Waals surface area contributed by atoms with E-state index in [9.17, 15) is 4.79 Å². The monoisotopic (exact) mass is 349 g/mol. The van der Waals surface area contributed by atoms with E-state index >= 15 is 0 Å². The molecule has 0 aliphatic heterocycles. The van der Waals surface area contributed by atoms with E-state index in [2.05, 4.69) is 18.6 Å². The molecule has 0 heterocycles. The fourth-order valence-electron chi connectivity index (χ4n) is 1.97. The minimum absolute atomic E-state index is 0.0442. The molecule has 0 saturated carbocycles. The fraction of sp³-hybridized carbons (Fsp3) is 0.929. The Labute approximate surface area is 114 Å². The van der Waals surface area contributed by atoms with Crippen molar-refractivity contribution in [2.45, 2.75) is 72.1 Å². The second kappa shape index (κ2) is 12.7. The third kappa shape index (κ3) is 11.1. The van der Waals surface area contributed by atoms with E-state index < -0.39 is 19.8 Å². The van der Waals surface area contributed by atoms with Gasteiger partial charge in [0.05, 0.1) is 0 Å². The molecule has 0 saturated heterocycles. The maximum atomic E-state index is 11.0. The van der Waals surface area contributed by atoms with Crippen LogP contribution in [0.5, 0.6) is 0 Å². The first kappa shape index (κ1) is 17.3. The van der Waals surface area contributed by atoms with Gasteiger partial charge in [0.1, 0.15) is 0 Å². The van der Waals surface area contributed by atoms with Crippen LogP contribution in [-0.2, 0) is 9.53 Å². The van der Waals surface area contributed by atoms with Crippen molar-refractivity contribution in [1.82, 2.24) is 0 Å². The van der Waals surface area contributed by atoms with Crippen molar-refractivity contribution >= 4 is 25.7 Å². The summed E-state index contributed by atoms with van der Waals surface area (Å²) in [6.45, 7) is 4.58. The van der Waals surface area contributed by atoms with E-state index in [1.807, 2.05) is 0 Å². The van der Waals surface area contributed by atoms with E-state index in [4.69, 9.17) is 0 Å². The molecule has 3 heteroatoms. The van der Waals surface area contributed by atoms with Gasteiger partial charge in [0, 0.05) is 0 Å². The molecule has 0 aromatic heterocycles. The maximum absolute atomic E-state index is 11.0. The summed E-state index contributed by atoms with van der Waals surface area (Å²) < 4.78 is 9.28. The zero-order valence-electron chi connectivity index (χ0n) is 11.9. The summed E-state index contributed by atoms with van der Waals surface area (Å²) in [5.41, 5.74) is 0. The molecule has 1 radical (unpaired) electrons. The van der Waals surface area contributed by atoms with Gasteiger partial charge in [0.15, 0.2) is 0 Å². The molecule has 0 spiro atoms. The van der Waals surface area contributed by atoms with Crippen molar-refractivity contribution in [2.24, 2.45) is 0 Å². The van der Waals surface area contributed by atoms with Crippen molar-refractivity contribution in [2.75, 3.05) is 7.11 Å². The number of hydrogen-bond donors (Lipinski definition) is 0. The predicted octanol–water partition coefficient (Wildman–Crippen LogP) is 4.42. The third-order valence-corrected chi connectivity index (χ3v) is 12.2. The molecule has 0 aliphatic carbocycles. The van der Waals surface area contributed by atoms with Crippen LogP contribution in [0.2, 0.25) is 13.3 Å². The molecule has 0 amide bonds. The van der Waals surface area contributed by atoms with Crippen LogP contribution in [0, 0.1) is 0 Å². The van der Waals surface area contributed by atoms with Crippen LogP contribution >= 0.6 is 0 Å².